The van der Waals surface area contributed by atoms with Gasteiger partial charge in [-0.1, -0.05) is 12.1 Å². The molecular weight excluding hydrogens is 299 g/mol. The van der Waals surface area contributed by atoms with Gasteiger partial charge in [0.15, 0.2) is 0 Å². The molecule has 0 aliphatic rings. The lowest BCUT2D eigenvalue weighted by molar-refractivity contribution is 0.551. The molecule has 2 heterocycles. The Labute approximate surface area is 132 Å². The number of benzene rings is 1. The summed E-state index contributed by atoms with van der Waals surface area (Å²) in [5.74, 6) is 0.649. The van der Waals surface area contributed by atoms with Gasteiger partial charge in [0.25, 0.3) is 0 Å². The SMILES string of the molecule is Cc1nc(CN[C@H](c2ccc(F)cc2)c2nccn2C)cs1. The van der Waals surface area contributed by atoms with E-state index in [2.05, 4.69) is 15.3 Å². The van der Waals surface area contributed by atoms with E-state index in [1.165, 1.54) is 12.1 Å². The molecule has 4 nitrogen and oxygen atoms in total. The highest BCUT2D eigenvalue weighted by molar-refractivity contribution is 7.09. The Bertz CT molecular complexity index is 748. The van der Waals surface area contributed by atoms with Crippen molar-refractivity contribution in [1.82, 2.24) is 19.9 Å². The number of aryl methyl sites for hydroxylation is 2. The Morgan fingerprint density at radius 3 is 2.68 bits per heavy atom. The Hall–Kier alpha value is -2.05. The monoisotopic (exact) mass is 316 g/mol. The van der Waals surface area contributed by atoms with Crippen LogP contribution >= 0.6 is 11.3 Å². The minimum Gasteiger partial charge on any atom is -0.336 e. The normalized spacial score (nSPS) is 12.5. The molecule has 6 heteroatoms. The first-order valence-electron chi connectivity index (χ1n) is 7.00. The van der Waals surface area contributed by atoms with Crippen LogP contribution in [0.3, 0.4) is 0 Å². The second kappa shape index (κ2) is 6.37. The first kappa shape index (κ1) is 14.9. The van der Waals surface area contributed by atoms with Gasteiger partial charge in [-0.2, -0.15) is 0 Å². The van der Waals surface area contributed by atoms with Crippen molar-refractivity contribution < 1.29 is 4.39 Å². The highest BCUT2D eigenvalue weighted by atomic mass is 32.1. The van der Waals surface area contributed by atoms with E-state index in [9.17, 15) is 4.39 Å². The molecule has 0 amide bonds. The topological polar surface area (TPSA) is 42.7 Å². The summed E-state index contributed by atoms with van der Waals surface area (Å²) >= 11 is 1.63. The fourth-order valence-corrected chi connectivity index (χ4v) is 2.98. The quantitative estimate of drug-likeness (QED) is 0.786. The molecule has 1 N–H and O–H groups in total. The molecule has 3 aromatic rings. The van der Waals surface area contributed by atoms with Crippen LogP contribution < -0.4 is 5.32 Å². The molecule has 0 bridgehead atoms. The summed E-state index contributed by atoms with van der Waals surface area (Å²) in [4.78, 5) is 8.88. The maximum absolute atomic E-state index is 13.2. The van der Waals surface area contributed by atoms with Crippen molar-refractivity contribution in [2.45, 2.75) is 19.5 Å². The summed E-state index contributed by atoms with van der Waals surface area (Å²) in [7, 11) is 1.95. The summed E-state index contributed by atoms with van der Waals surface area (Å²) in [6.45, 7) is 2.63. The smallest absolute Gasteiger partial charge is 0.130 e. The van der Waals surface area contributed by atoms with Crippen molar-refractivity contribution >= 4 is 11.3 Å². The molecule has 0 spiro atoms. The average molecular weight is 316 g/mol. The van der Waals surface area contributed by atoms with Crippen molar-refractivity contribution in [3.63, 3.8) is 0 Å². The lowest BCUT2D eigenvalue weighted by Crippen LogP contribution is -2.25. The van der Waals surface area contributed by atoms with Crippen LogP contribution in [0.4, 0.5) is 4.39 Å². The third-order valence-electron chi connectivity index (χ3n) is 3.47. The highest BCUT2D eigenvalue weighted by Crippen LogP contribution is 2.21. The number of nitrogens with one attached hydrogen (secondary N) is 1. The third kappa shape index (κ3) is 3.23. The number of hydrogen-bond acceptors (Lipinski definition) is 4. The van der Waals surface area contributed by atoms with E-state index in [4.69, 9.17) is 0 Å². The predicted molar refractivity (Wildman–Crippen MR) is 85.1 cm³/mol. The fourth-order valence-electron chi connectivity index (χ4n) is 2.36. The van der Waals surface area contributed by atoms with Gasteiger partial charge in [0.1, 0.15) is 11.6 Å². The second-order valence-corrected chi connectivity index (χ2v) is 6.18. The maximum Gasteiger partial charge on any atom is 0.130 e. The van der Waals surface area contributed by atoms with Crippen molar-refractivity contribution in [3.8, 4) is 0 Å². The van der Waals surface area contributed by atoms with Crippen molar-refractivity contribution in [2.75, 3.05) is 0 Å². The van der Waals surface area contributed by atoms with E-state index in [1.807, 2.05) is 30.1 Å². The fraction of sp³-hybridized carbons (Fsp3) is 0.250. The molecule has 0 aliphatic heterocycles. The van der Waals surface area contributed by atoms with Gasteiger partial charge in [0, 0.05) is 31.4 Å². The molecular formula is C16H17FN4S. The average Bonchev–Trinajstić information content (AvgIpc) is 3.10. The Morgan fingerprint density at radius 2 is 2.09 bits per heavy atom. The molecule has 114 valence electrons. The minimum absolute atomic E-state index is 0.109. The molecule has 0 aliphatic carbocycles. The highest BCUT2D eigenvalue weighted by Gasteiger charge is 2.18. The van der Waals surface area contributed by atoms with Crippen molar-refractivity contribution in [1.29, 1.82) is 0 Å². The van der Waals surface area contributed by atoms with E-state index in [0.717, 1.165) is 22.1 Å². The van der Waals surface area contributed by atoms with Crippen LogP contribution in [0.5, 0.6) is 0 Å². The van der Waals surface area contributed by atoms with E-state index >= 15 is 0 Å². The van der Waals surface area contributed by atoms with Crippen LogP contribution in [0.2, 0.25) is 0 Å². The number of halogens is 1. The Kier molecular flexibility index (Phi) is 4.31. The molecule has 1 aromatic carbocycles. The van der Waals surface area contributed by atoms with Crippen molar-refractivity contribution in [3.05, 3.63) is 69.9 Å². The largest absolute Gasteiger partial charge is 0.336 e. The van der Waals surface area contributed by atoms with Crippen LogP contribution in [-0.4, -0.2) is 14.5 Å². The molecule has 3 rings (SSSR count). The first-order chi connectivity index (χ1) is 10.6. The first-order valence-corrected chi connectivity index (χ1v) is 7.88. The van der Waals surface area contributed by atoms with Crippen LogP contribution in [0.1, 0.15) is 28.1 Å². The zero-order valence-electron chi connectivity index (χ0n) is 12.5. The molecule has 0 radical (unpaired) electrons. The summed E-state index contributed by atoms with van der Waals surface area (Å²) < 4.78 is 15.1. The van der Waals surface area contributed by atoms with E-state index in [-0.39, 0.29) is 11.9 Å². The maximum atomic E-state index is 13.2. The molecule has 0 saturated carbocycles. The second-order valence-electron chi connectivity index (χ2n) is 5.12. The molecule has 2 aromatic heterocycles. The van der Waals surface area contributed by atoms with Gasteiger partial charge in [-0.25, -0.2) is 14.4 Å². The van der Waals surface area contributed by atoms with Gasteiger partial charge in [0.05, 0.1) is 16.7 Å². The lowest BCUT2D eigenvalue weighted by Gasteiger charge is -2.18. The van der Waals surface area contributed by atoms with Crippen molar-refractivity contribution in [2.24, 2.45) is 7.05 Å². The Morgan fingerprint density at radius 1 is 1.32 bits per heavy atom. The summed E-state index contributed by atoms with van der Waals surface area (Å²) in [6, 6.07) is 6.41. The van der Waals surface area contributed by atoms with Crippen LogP contribution in [-0.2, 0) is 13.6 Å². The predicted octanol–water partition coefficient (Wildman–Crippen LogP) is 3.20. The summed E-state index contributed by atoms with van der Waals surface area (Å²) in [6.07, 6.45) is 3.67. The molecule has 1 atom stereocenters. The van der Waals surface area contributed by atoms with Crippen LogP contribution in [0.25, 0.3) is 0 Å². The van der Waals surface area contributed by atoms with Gasteiger partial charge < -0.3 is 4.57 Å². The molecule has 0 fully saturated rings. The van der Waals surface area contributed by atoms with Crippen LogP contribution in [0, 0.1) is 12.7 Å². The lowest BCUT2D eigenvalue weighted by atomic mass is 10.1. The van der Waals surface area contributed by atoms with Gasteiger partial charge in [-0.05, 0) is 24.6 Å². The van der Waals surface area contributed by atoms with E-state index in [1.54, 1.807) is 29.7 Å². The number of nitrogens with zero attached hydrogens (tertiary/aromatic N) is 3. The van der Waals surface area contributed by atoms with Gasteiger partial charge in [-0.3, -0.25) is 5.32 Å². The summed E-state index contributed by atoms with van der Waals surface area (Å²) in [5.41, 5.74) is 1.98. The summed E-state index contributed by atoms with van der Waals surface area (Å²) in [5, 5.41) is 6.56. The number of rotatable bonds is 5. The number of aromatic nitrogens is 3. The minimum atomic E-state index is -0.238. The number of thiazole rings is 1. The Balaban J connectivity index is 1.86. The number of hydrogen-bond donors (Lipinski definition) is 1. The van der Waals surface area contributed by atoms with Gasteiger partial charge in [0.2, 0.25) is 0 Å². The molecule has 0 unspecified atom stereocenters. The zero-order valence-corrected chi connectivity index (χ0v) is 13.3. The zero-order chi connectivity index (χ0) is 15.5. The number of imidazole rings is 1. The standard InChI is InChI=1S/C16H17FN4S/c1-11-20-14(10-22-11)9-19-15(16-18-7-8-21(16)2)12-3-5-13(17)6-4-12/h3-8,10,15,19H,9H2,1-2H3/t15-/m1/s1. The van der Waals surface area contributed by atoms with Gasteiger partial charge >= 0.3 is 0 Å². The van der Waals surface area contributed by atoms with E-state index < -0.39 is 0 Å². The van der Waals surface area contributed by atoms with Gasteiger partial charge in [-0.15, -0.1) is 11.3 Å². The van der Waals surface area contributed by atoms with Crippen LogP contribution in [0.15, 0.2) is 42.0 Å². The van der Waals surface area contributed by atoms with E-state index in [0.29, 0.717) is 6.54 Å². The molecule has 0 saturated heterocycles. The molecule has 22 heavy (non-hydrogen) atoms. The third-order valence-corrected chi connectivity index (χ3v) is 4.30.